The number of carboxylic acid groups (broad SMARTS) is 1. The Morgan fingerprint density at radius 2 is 1.65 bits per heavy atom. The highest BCUT2D eigenvalue weighted by Gasteiger charge is 1.95. The molecule has 0 aromatic rings. The van der Waals surface area contributed by atoms with Gasteiger partial charge in [0, 0.05) is 12.8 Å². The van der Waals surface area contributed by atoms with Crippen molar-refractivity contribution in [2.75, 3.05) is 0 Å². The fraction of sp³-hybridized carbons (Fsp3) is 0.455. The van der Waals surface area contributed by atoms with E-state index in [0.29, 0.717) is 19.3 Å². The topological polar surface area (TPSA) is 74.6 Å². The zero-order valence-electron chi connectivity index (χ0n) is 15.7. The summed E-state index contributed by atoms with van der Waals surface area (Å²) in [6, 6.07) is 0. The summed E-state index contributed by atoms with van der Waals surface area (Å²) in [7, 11) is 0. The third-order valence-corrected chi connectivity index (χ3v) is 3.48. The van der Waals surface area contributed by atoms with Crippen LogP contribution in [0.1, 0.15) is 58.3 Å². The van der Waals surface area contributed by atoms with Crippen LogP contribution in [0.2, 0.25) is 0 Å². The fourth-order valence-corrected chi connectivity index (χ4v) is 2.03. The summed E-state index contributed by atoms with van der Waals surface area (Å²) in [5, 5.41) is 18.3. The summed E-state index contributed by atoms with van der Waals surface area (Å²) in [6.07, 6.45) is 23.1. The van der Waals surface area contributed by atoms with Crippen molar-refractivity contribution < 1.29 is 19.8 Å². The van der Waals surface area contributed by atoms with Gasteiger partial charge in [0.15, 0.2) is 5.78 Å². The molecule has 0 unspecified atom stereocenters. The number of aliphatic hydroxyl groups is 1. The lowest BCUT2D eigenvalue weighted by molar-refractivity contribution is -0.136. The number of carboxylic acids is 1. The molecule has 4 heteroatoms. The molecular weight excluding hydrogens is 328 g/mol. The van der Waals surface area contributed by atoms with E-state index in [9.17, 15) is 14.7 Å². The second-order valence-electron chi connectivity index (χ2n) is 5.97. The Kier molecular flexibility index (Phi) is 16.1. The van der Waals surface area contributed by atoms with E-state index in [1.54, 1.807) is 36.5 Å². The van der Waals surface area contributed by atoms with Gasteiger partial charge in [-0.05, 0) is 31.8 Å². The molecule has 0 rings (SSSR count). The van der Waals surface area contributed by atoms with Crippen LogP contribution in [-0.2, 0) is 9.59 Å². The number of hydrogen-bond donors (Lipinski definition) is 2. The number of hydrogen-bond acceptors (Lipinski definition) is 3. The van der Waals surface area contributed by atoms with E-state index in [0.717, 1.165) is 25.7 Å². The molecule has 0 amide bonds. The van der Waals surface area contributed by atoms with Crippen molar-refractivity contribution in [2.45, 2.75) is 64.4 Å². The van der Waals surface area contributed by atoms with Crippen molar-refractivity contribution in [3.05, 3.63) is 60.8 Å². The van der Waals surface area contributed by atoms with Gasteiger partial charge < -0.3 is 10.2 Å². The Bertz CT molecular complexity index is 524. The lowest BCUT2D eigenvalue weighted by Crippen LogP contribution is -1.98. The van der Waals surface area contributed by atoms with Crippen molar-refractivity contribution in [3.8, 4) is 0 Å². The van der Waals surface area contributed by atoms with Gasteiger partial charge in [0.2, 0.25) is 0 Å². The zero-order valence-corrected chi connectivity index (χ0v) is 15.7. The van der Waals surface area contributed by atoms with Gasteiger partial charge in [-0.25, -0.2) is 0 Å². The smallest absolute Gasteiger partial charge is 0.303 e. The number of carbonyl (C=O) groups excluding carboxylic acids is 1. The molecule has 0 aliphatic heterocycles. The van der Waals surface area contributed by atoms with E-state index in [-0.39, 0.29) is 12.2 Å². The maximum absolute atomic E-state index is 11.5. The lowest BCUT2D eigenvalue weighted by atomic mass is 10.1. The summed E-state index contributed by atoms with van der Waals surface area (Å²) >= 11 is 0. The van der Waals surface area contributed by atoms with Crippen LogP contribution in [0.3, 0.4) is 0 Å². The Balaban J connectivity index is 3.84. The van der Waals surface area contributed by atoms with Gasteiger partial charge in [0.05, 0.1) is 6.10 Å². The van der Waals surface area contributed by atoms with Crippen molar-refractivity contribution in [3.63, 3.8) is 0 Å². The molecule has 4 nitrogen and oxygen atoms in total. The van der Waals surface area contributed by atoms with Crippen molar-refractivity contribution >= 4 is 11.8 Å². The van der Waals surface area contributed by atoms with Gasteiger partial charge >= 0.3 is 5.97 Å². The number of aliphatic carboxylic acids is 1. The quantitative estimate of drug-likeness (QED) is 0.188. The lowest BCUT2D eigenvalue weighted by Gasteiger charge is -1.98. The van der Waals surface area contributed by atoms with Crippen LogP contribution in [-0.4, -0.2) is 28.1 Å². The molecule has 0 bridgehead atoms. The molecule has 0 aliphatic carbocycles. The molecule has 0 fully saturated rings. The SMILES string of the molecule is CCCCCC(=O)C=CC=CC=C[C@@H](O)CC=CCC=CCCC(=O)O. The van der Waals surface area contributed by atoms with E-state index >= 15 is 0 Å². The standard InChI is InChI=1S/C22H32O4/c1-2-3-10-15-20(23)17-12-8-9-13-18-21(24)16-11-6-4-5-7-14-19-22(25)26/h5-9,11-13,17-18,21,24H,2-4,10,14-16,19H2,1H3,(H,25,26)/t21-/m0/s1. The van der Waals surface area contributed by atoms with Crippen molar-refractivity contribution in [1.82, 2.24) is 0 Å². The largest absolute Gasteiger partial charge is 0.481 e. The molecule has 1 atom stereocenters. The minimum atomic E-state index is -0.789. The summed E-state index contributed by atoms with van der Waals surface area (Å²) in [5.41, 5.74) is 0. The number of carbonyl (C=O) groups is 2. The number of aliphatic hydroxyl groups excluding tert-OH is 1. The normalized spacial score (nSPS) is 13.8. The number of unbranched alkanes of at least 4 members (excludes halogenated alkanes) is 2. The van der Waals surface area contributed by atoms with Gasteiger partial charge in [-0.15, -0.1) is 0 Å². The van der Waals surface area contributed by atoms with Crippen LogP contribution in [0.5, 0.6) is 0 Å². The third-order valence-electron chi connectivity index (χ3n) is 3.48. The second kappa shape index (κ2) is 17.6. The van der Waals surface area contributed by atoms with Crippen LogP contribution >= 0.6 is 0 Å². The van der Waals surface area contributed by atoms with Gasteiger partial charge in [0.1, 0.15) is 0 Å². The Labute approximate surface area is 157 Å². The Morgan fingerprint density at radius 1 is 0.923 bits per heavy atom. The van der Waals surface area contributed by atoms with Crippen molar-refractivity contribution in [2.24, 2.45) is 0 Å². The molecule has 0 saturated carbocycles. The highest BCUT2D eigenvalue weighted by Crippen LogP contribution is 2.01. The predicted molar refractivity (Wildman–Crippen MR) is 107 cm³/mol. The average Bonchev–Trinajstić information content (AvgIpc) is 2.60. The molecule has 0 saturated heterocycles. The molecule has 2 N–H and O–H groups in total. The van der Waals surface area contributed by atoms with E-state index in [4.69, 9.17) is 5.11 Å². The van der Waals surface area contributed by atoms with E-state index in [2.05, 4.69) is 6.92 Å². The molecule has 0 aromatic carbocycles. The highest BCUT2D eigenvalue weighted by molar-refractivity contribution is 5.89. The molecule has 144 valence electrons. The zero-order chi connectivity index (χ0) is 19.5. The molecule has 0 heterocycles. The Morgan fingerprint density at radius 3 is 2.38 bits per heavy atom. The van der Waals surface area contributed by atoms with Crippen molar-refractivity contribution in [1.29, 1.82) is 0 Å². The molecule has 0 aromatic heterocycles. The van der Waals surface area contributed by atoms with Crippen LogP contribution in [0.4, 0.5) is 0 Å². The van der Waals surface area contributed by atoms with E-state index in [1.165, 1.54) is 0 Å². The monoisotopic (exact) mass is 360 g/mol. The number of rotatable bonds is 15. The van der Waals surface area contributed by atoms with Crippen LogP contribution in [0, 0.1) is 0 Å². The Hall–Kier alpha value is -2.20. The number of ketones is 1. The maximum atomic E-state index is 11.5. The first kappa shape index (κ1) is 23.8. The van der Waals surface area contributed by atoms with E-state index in [1.807, 2.05) is 24.3 Å². The molecule has 0 radical (unpaired) electrons. The van der Waals surface area contributed by atoms with Gasteiger partial charge in [-0.1, -0.05) is 74.4 Å². The van der Waals surface area contributed by atoms with Gasteiger partial charge in [-0.3, -0.25) is 9.59 Å². The van der Waals surface area contributed by atoms with E-state index < -0.39 is 12.1 Å². The maximum Gasteiger partial charge on any atom is 0.303 e. The van der Waals surface area contributed by atoms with Crippen LogP contribution < -0.4 is 0 Å². The first-order valence-electron chi connectivity index (χ1n) is 9.30. The summed E-state index contributed by atoms with van der Waals surface area (Å²) in [5.74, 6) is -0.641. The fourth-order valence-electron chi connectivity index (χ4n) is 2.03. The first-order valence-corrected chi connectivity index (χ1v) is 9.30. The predicted octanol–water partition coefficient (Wildman–Crippen LogP) is 4.92. The number of allylic oxidation sites excluding steroid dienone is 8. The molecule has 0 spiro atoms. The first-order chi connectivity index (χ1) is 12.6. The van der Waals surface area contributed by atoms with Crippen LogP contribution in [0.25, 0.3) is 0 Å². The molecule has 0 aliphatic rings. The minimum Gasteiger partial charge on any atom is -0.481 e. The summed E-state index contributed by atoms with van der Waals surface area (Å²) in [6.45, 7) is 2.11. The average molecular weight is 360 g/mol. The second-order valence-corrected chi connectivity index (χ2v) is 5.97. The minimum absolute atomic E-state index is 0.147. The molecule has 26 heavy (non-hydrogen) atoms. The van der Waals surface area contributed by atoms with Gasteiger partial charge in [0.25, 0.3) is 0 Å². The highest BCUT2D eigenvalue weighted by atomic mass is 16.4. The van der Waals surface area contributed by atoms with Gasteiger partial charge in [-0.2, -0.15) is 0 Å². The summed E-state index contributed by atoms with van der Waals surface area (Å²) in [4.78, 5) is 21.8. The van der Waals surface area contributed by atoms with Crippen LogP contribution in [0.15, 0.2) is 60.8 Å². The third kappa shape index (κ3) is 18.1. The summed E-state index contributed by atoms with van der Waals surface area (Å²) < 4.78 is 0. The molecular formula is C22H32O4.